The highest BCUT2D eigenvalue weighted by Gasteiger charge is 2.46. The number of para-hydroxylation sites is 1. The molecule has 0 aliphatic heterocycles. The molecule has 0 aliphatic carbocycles. The number of fused-ring (bicyclic) bond motifs is 1. The highest BCUT2D eigenvalue weighted by atomic mass is 32.3. The Bertz CT molecular complexity index is 972. The summed E-state index contributed by atoms with van der Waals surface area (Å²) in [6.45, 7) is 3.41. The lowest BCUT2D eigenvalue weighted by Crippen LogP contribution is -2.31. The Balaban J connectivity index is 0.000000290. The summed E-state index contributed by atoms with van der Waals surface area (Å²) in [5, 5.41) is 0. The molecule has 2 aromatic rings. The topological polar surface area (TPSA) is 86.3 Å². The van der Waals surface area contributed by atoms with Gasteiger partial charge in [-0.05, 0) is 12.5 Å². The van der Waals surface area contributed by atoms with Gasteiger partial charge in [0.1, 0.15) is 11.2 Å². The van der Waals surface area contributed by atoms with Crippen molar-refractivity contribution in [3.63, 3.8) is 0 Å². The maximum Gasteiger partial charge on any atom is 0.480 e. The number of alkyl halides is 6. The summed E-state index contributed by atoms with van der Waals surface area (Å²) in [6.07, 6.45) is 3.92. The average molecular weight is 486 g/mol. The van der Waals surface area contributed by atoms with E-state index in [-0.39, 0.29) is 0 Å². The number of aromatic nitrogens is 1. The lowest BCUT2D eigenvalue weighted by molar-refractivity contribution is -0.667. The Morgan fingerprint density at radius 1 is 0.931 bits per heavy atom. The van der Waals surface area contributed by atoms with Gasteiger partial charge < -0.3 is 4.13 Å². The van der Waals surface area contributed by atoms with Gasteiger partial charge in [-0.25, -0.2) is 16.8 Å². The summed E-state index contributed by atoms with van der Waals surface area (Å²) in [5.74, 6) is 0. The van der Waals surface area contributed by atoms with Gasteiger partial charge in [-0.3, -0.25) is 0 Å². The van der Waals surface area contributed by atoms with Gasteiger partial charge in [-0.15, -0.1) is 0 Å². The lowest BCUT2D eigenvalue weighted by Gasteiger charge is -2.22. The summed E-state index contributed by atoms with van der Waals surface area (Å²) in [5.41, 5.74) is -8.79. The van der Waals surface area contributed by atoms with Gasteiger partial charge in [0, 0.05) is 12.5 Å². The molecule has 6 nitrogen and oxygen atoms in total. The third kappa shape index (κ3) is 7.08. The molecule has 0 fully saturated rings. The van der Waals surface area contributed by atoms with Gasteiger partial charge >= 0.3 is 11.0 Å². The minimum absolute atomic E-state index is 0.778. The first-order valence-electron chi connectivity index (χ1n) is 7.85. The van der Waals surface area contributed by atoms with Crippen molar-refractivity contribution < 1.29 is 47.7 Å². The van der Waals surface area contributed by atoms with Crippen molar-refractivity contribution in [3.8, 4) is 0 Å². The number of unbranched alkanes of at least 4 members (excludes halogenated alkanes) is 2. The summed E-state index contributed by atoms with van der Waals surface area (Å²) >= 11 is 1.83. The Hall–Kier alpha value is -1.45. The summed E-state index contributed by atoms with van der Waals surface area (Å²) in [4.78, 5) is 0. The maximum atomic E-state index is 11.4. The van der Waals surface area contributed by atoms with Crippen LogP contribution in [0.2, 0.25) is 0 Å². The number of hydrogen-bond acceptors (Lipinski definition) is 5. The number of thiazole rings is 1. The van der Waals surface area contributed by atoms with E-state index in [4.69, 9.17) is 0 Å². The number of nitrogens with zero attached hydrogens (tertiary/aromatic N) is 2. The van der Waals surface area contributed by atoms with Crippen LogP contribution in [0.1, 0.15) is 26.2 Å². The average Bonchev–Trinajstić information content (AvgIpc) is 2.96. The summed E-state index contributed by atoms with van der Waals surface area (Å²) < 4.78 is 113. The van der Waals surface area contributed by atoms with Crippen LogP contribution < -0.4 is 4.57 Å². The maximum absolute atomic E-state index is 11.4. The van der Waals surface area contributed by atoms with E-state index in [2.05, 4.69) is 41.3 Å². The van der Waals surface area contributed by atoms with E-state index in [1.54, 1.807) is 0 Å². The molecule has 0 amide bonds. The molecule has 0 spiro atoms. The van der Waals surface area contributed by atoms with E-state index in [1.807, 2.05) is 11.3 Å². The first-order valence-corrected chi connectivity index (χ1v) is 11.6. The van der Waals surface area contributed by atoms with Crippen LogP contribution in [0.5, 0.6) is 0 Å². The molecule has 0 aliphatic rings. The van der Waals surface area contributed by atoms with Crippen molar-refractivity contribution in [2.45, 2.75) is 43.7 Å². The highest BCUT2D eigenvalue weighted by molar-refractivity contribution is 8.13. The lowest BCUT2D eigenvalue weighted by atomic mass is 10.2. The predicted molar refractivity (Wildman–Crippen MR) is 94.9 cm³/mol. The quantitative estimate of drug-likeness (QED) is 0.343. The second-order valence-electron chi connectivity index (χ2n) is 5.51. The molecule has 1 aromatic carbocycles. The fourth-order valence-electron chi connectivity index (χ4n) is 1.89. The standard InChI is InChI=1S/C12H16NS.C2F6NO4S2/c1-2-3-6-9-13-10-14-12-8-5-4-7-11(12)13;3-1(4,5)14(10,11)9-15(12,13)2(6,7)8/h4-5,7-8,10H,2-3,6,9H2,1H3;/q+1;-1. The fraction of sp³-hybridized carbons (Fsp3) is 0.500. The van der Waals surface area contributed by atoms with E-state index in [9.17, 15) is 43.2 Å². The Morgan fingerprint density at radius 2 is 1.45 bits per heavy atom. The van der Waals surface area contributed by atoms with Gasteiger partial charge in [-0.2, -0.15) is 30.9 Å². The molecular weight excluding hydrogens is 470 g/mol. The van der Waals surface area contributed by atoms with Crippen molar-refractivity contribution in [3.05, 3.63) is 33.9 Å². The van der Waals surface area contributed by atoms with E-state index >= 15 is 0 Å². The van der Waals surface area contributed by atoms with Crippen LogP contribution >= 0.6 is 11.3 Å². The molecule has 0 radical (unpaired) electrons. The Morgan fingerprint density at radius 3 is 1.93 bits per heavy atom. The normalized spacial score (nSPS) is 13.2. The van der Waals surface area contributed by atoms with Crippen molar-refractivity contribution >= 4 is 41.6 Å². The number of rotatable bonds is 6. The van der Waals surface area contributed by atoms with Crippen molar-refractivity contribution in [1.29, 1.82) is 0 Å². The van der Waals surface area contributed by atoms with E-state index < -0.39 is 31.1 Å². The number of sulfonamides is 2. The SMILES string of the molecule is CCCCC[n+]1csc2ccccc21.O=S(=O)([N-]S(=O)(=O)C(F)(F)F)C(F)(F)F. The molecule has 0 unspecified atom stereocenters. The minimum atomic E-state index is -6.72. The van der Waals surface area contributed by atoms with Crippen LogP contribution in [0.25, 0.3) is 14.3 Å². The van der Waals surface area contributed by atoms with Crippen LogP contribution in [0.15, 0.2) is 29.8 Å². The Labute approximate surface area is 167 Å². The minimum Gasteiger partial charge on any atom is -0.421 e. The van der Waals surface area contributed by atoms with Crippen LogP contribution in [0.3, 0.4) is 0 Å². The molecule has 2 rings (SSSR count). The predicted octanol–water partition coefficient (Wildman–Crippen LogP) is 4.44. The van der Waals surface area contributed by atoms with Crippen molar-refractivity contribution in [1.82, 2.24) is 0 Å². The van der Waals surface area contributed by atoms with E-state index in [0.29, 0.717) is 0 Å². The number of benzene rings is 1. The highest BCUT2D eigenvalue weighted by Crippen LogP contribution is 2.36. The molecule has 0 saturated carbocycles. The monoisotopic (exact) mass is 486 g/mol. The molecule has 1 aromatic heterocycles. The number of hydrogen-bond donors (Lipinski definition) is 0. The van der Waals surface area contributed by atoms with E-state index in [1.165, 1.54) is 29.5 Å². The van der Waals surface area contributed by atoms with Gasteiger partial charge in [0.15, 0.2) is 20.0 Å². The first kappa shape index (κ1) is 25.6. The van der Waals surface area contributed by atoms with E-state index in [0.717, 1.165) is 10.7 Å². The first-order chi connectivity index (χ1) is 13.1. The number of aryl methyl sites for hydroxylation is 1. The number of halogens is 6. The molecular formula is C14H16F6N2O4S3. The molecule has 0 N–H and O–H groups in total. The second-order valence-corrected chi connectivity index (χ2v) is 9.82. The molecule has 0 atom stereocenters. The zero-order chi connectivity index (χ0) is 22.5. The molecule has 15 heteroatoms. The van der Waals surface area contributed by atoms with Gasteiger partial charge in [0.05, 0.1) is 0 Å². The molecule has 0 bridgehead atoms. The molecule has 166 valence electrons. The van der Waals surface area contributed by atoms with Crippen molar-refractivity contribution in [2.24, 2.45) is 0 Å². The van der Waals surface area contributed by atoms with Crippen molar-refractivity contribution in [2.75, 3.05) is 0 Å². The van der Waals surface area contributed by atoms with Gasteiger partial charge in [0.25, 0.3) is 0 Å². The van der Waals surface area contributed by atoms with Gasteiger partial charge in [0.2, 0.25) is 11.0 Å². The summed E-state index contributed by atoms with van der Waals surface area (Å²) in [6, 6.07) is 8.62. The van der Waals surface area contributed by atoms with Crippen LogP contribution in [0, 0.1) is 0 Å². The molecule has 29 heavy (non-hydrogen) atoms. The smallest absolute Gasteiger partial charge is 0.421 e. The molecule has 1 heterocycles. The van der Waals surface area contributed by atoms with Gasteiger partial charge in [-0.1, -0.05) is 36.8 Å². The zero-order valence-electron chi connectivity index (χ0n) is 14.7. The molecule has 0 saturated heterocycles. The fourth-order valence-corrected chi connectivity index (χ4v) is 4.52. The van der Waals surface area contributed by atoms with Crippen LogP contribution in [0.4, 0.5) is 26.3 Å². The third-order valence-corrected chi connectivity index (χ3v) is 6.96. The van der Waals surface area contributed by atoms with Crippen LogP contribution in [-0.2, 0) is 26.6 Å². The zero-order valence-corrected chi connectivity index (χ0v) is 17.2. The van der Waals surface area contributed by atoms with Crippen LogP contribution in [-0.4, -0.2) is 27.9 Å². The Kier molecular flexibility index (Phi) is 8.45. The second kappa shape index (κ2) is 9.57. The third-order valence-electron chi connectivity index (χ3n) is 3.27. The summed E-state index contributed by atoms with van der Waals surface area (Å²) in [7, 11) is -13.4. The largest absolute Gasteiger partial charge is 0.480 e.